The molecule has 2 aromatic carbocycles. The van der Waals surface area contributed by atoms with E-state index in [0.717, 1.165) is 32.4 Å². The average Bonchev–Trinajstić information content (AvgIpc) is 2.74. The van der Waals surface area contributed by atoms with Crippen molar-refractivity contribution in [1.29, 1.82) is 0 Å². The third kappa shape index (κ3) is 3.19. The zero-order chi connectivity index (χ0) is 20.8. The topological polar surface area (TPSA) is 32.3 Å². The number of amides is 1. The van der Waals surface area contributed by atoms with Gasteiger partial charge in [0.25, 0.3) is 0 Å². The molecule has 4 saturated carbocycles. The highest BCUT2D eigenvalue weighted by atomic mass is 16.2. The first-order valence-corrected chi connectivity index (χ1v) is 11.5. The Morgan fingerprint density at radius 2 is 1.40 bits per heavy atom. The van der Waals surface area contributed by atoms with Gasteiger partial charge in [0.2, 0.25) is 5.91 Å². The van der Waals surface area contributed by atoms with Crippen LogP contribution >= 0.6 is 0 Å². The van der Waals surface area contributed by atoms with Gasteiger partial charge in [-0.1, -0.05) is 60.7 Å². The SMILES string of the molecule is CN(C)CCNC(=O)C12CC3C[C@](c4ccccc4)(C1)C[C@@](c1ccccc1)(C3)C2. The Morgan fingerprint density at radius 1 is 0.867 bits per heavy atom. The number of rotatable bonds is 6. The highest BCUT2D eigenvalue weighted by molar-refractivity contribution is 5.84. The number of likely N-dealkylation sites (N-methyl/N-ethyl adjacent to an activating group) is 1. The Hall–Kier alpha value is -2.13. The van der Waals surface area contributed by atoms with E-state index in [2.05, 4.69) is 85.0 Å². The van der Waals surface area contributed by atoms with Crippen LogP contribution in [0.1, 0.15) is 49.7 Å². The van der Waals surface area contributed by atoms with E-state index in [1.54, 1.807) is 0 Å². The highest BCUT2D eigenvalue weighted by Crippen LogP contribution is 2.70. The number of hydrogen-bond acceptors (Lipinski definition) is 2. The first kappa shape index (κ1) is 19.8. The second-order valence-electron chi connectivity index (χ2n) is 10.6. The van der Waals surface area contributed by atoms with Crippen LogP contribution < -0.4 is 5.32 Å². The van der Waals surface area contributed by atoms with E-state index in [4.69, 9.17) is 0 Å². The molecular formula is C27H34N2O. The first-order chi connectivity index (χ1) is 14.5. The molecule has 158 valence electrons. The van der Waals surface area contributed by atoms with Gasteiger partial charge in [0.1, 0.15) is 0 Å². The highest BCUT2D eigenvalue weighted by Gasteiger charge is 2.66. The second-order valence-corrected chi connectivity index (χ2v) is 10.6. The minimum atomic E-state index is -0.239. The fourth-order valence-electron chi connectivity index (χ4n) is 7.50. The van der Waals surface area contributed by atoms with Gasteiger partial charge in [-0.15, -0.1) is 0 Å². The molecule has 30 heavy (non-hydrogen) atoms. The van der Waals surface area contributed by atoms with Crippen LogP contribution in [0.25, 0.3) is 0 Å². The molecule has 1 N–H and O–H groups in total. The summed E-state index contributed by atoms with van der Waals surface area (Å²) in [4.78, 5) is 15.8. The van der Waals surface area contributed by atoms with E-state index in [9.17, 15) is 4.79 Å². The molecule has 4 aliphatic rings. The summed E-state index contributed by atoms with van der Waals surface area (Å²) in [7, 11) is 4.12. The number of nitrogens with one attached hydrogen (secondary N) is 1. The van der Waals surface area contributed by atoms with E-state index in [-0.39, 0.29) is 16.2 Å². The molecule has 2 unspecified atom stereocenters. The Morgan fingerprint density at radius 3 is 1.90 bits per heavy atom. The van der Waals surface area contributed by atoms with Crippen molar-refractivity contribution in [2.24, 2.45) is 11.3 Å². The molecule has 6 rings (SSSR count). The summed E-state index contributed by atoms with van der Waals surface area (Å²) in [6.45, 7) is 1.62. The lowest BCUT2D eigenvalue weighted by molar-refractivity contribution is -0.152. The summed E-state index contributed by atoms with van der Waals surface area (Å²) in [5.41, 5.74) is 2.89. The maximum atomic E-state index is 13.7. The molecule has 2 aromatic rings. The largest absolute Gasteiger partial charge is 0.354 e. The third-order valence-corrected chi connectivity index (χ3v) is 8.17. The third-order valence-electron chi connectivity index (χ3n) is 8.17. The van der Waals surface area contributed by atoms with E-state index in [0.29, 0.717) is 11.8 Å². The summed E-state index contributed by atoms with van der Waals surface area (Å²) in [6.07, 6.45) is 6.71. The molecule has 0 heterocycles. The molecule has 3 nitrogen and oxygen atoms in total. The molecule has 1 amide bonds. The van der Waals surface area contributed by atoms with Gasteiger partial charge < -0.3 is 10.2 Å². The summed E-state index contributed by atoms with van der Waals surface area (Å²) in [5, 5.41) is 3.33. The van der Waals surface area contributed by atoms with E-state index >= 15 is 0 Å². The molecule has 4 aliphatic carbocycles. The van der Waals surface area contributed by atoms with Crippen molar-refractivity contribution in [3.8, 4) is 0 Å². The molecule has 0 radical (unpaired) electrons. The minimum absolute atomic E-state index is 0.120. The number of carbonyl (C=O) groups excluding carboxylic acids is 1. The van der Waals surface area contributed by atoms with Gasteiger partial charge >= 0.3 is 0 Å². The fourth-order valence-corrected chi connectivity index (χ4v) is 7.50. The van der Waals surface area contributed by atoms with Crippen molar-refractivity contribution in [2.75, 3.05) is 27.2 Å². The van der Waals surface area contributed by atoms with Gasteiger partial charge in [-0.25, -0.2) is 0 Å². The first-order valence-electron chi connectivity index (χ1n) is 11.5. The maximum absolute atomic E-state index is 13.7. The lowest BCUT2D eigenvalue weighted by atomic mass is 9.37. The normalized spacial score (nSPS) is 34.3. The molecule has 0 aromatic heterocycles. The molecule has 4 atom stereocenters. The van der Waals surface area contributed by atoms with Crippen molar-refractivity contribution < 1.29 is 4.79 Å². The maximum Gasteiger partial charge on any atom is 0.226 e. The van der Waals surface area contributed by atoms with Crippen LogP contribution in [0.15, 0.2) is 60.7 Å². The molecule has 0 aliphatic heterocycles. The average molecular weight is 403 g/mol. The van der Waals surface area contributed by atoms with Gasteiger partial charge in [0, 0.05) is 13.1 Å². The second kappa shape index (κ2) is 7.23. The number of nitrogens with zero attached hydrogens (tertiary/aromatic N) is 1. The van der Waals surface area contributed by atoms with Gasteiger partial charge in [-0.2, -0.15) is 0 Å². The van der Waals surface area contributed by atoms with Crippen LogP contribution in [-0.4, -0.2) is 38.0 Å². The summed E-state index contributed by atoms with van der Waals surface area (Å²) in [6, 6.07) is 22.2. The standard InChI is InChI=1S/C27H34N2O/c1-29(2)14-13-28-24(30)27-17-21-15-25(19-27,22-9-5-3-6-10-22)18-26(16-21,20-27)23-11-7-4-8-12-23/h3-12,21H,13-20H2,1-2H3,(H,28,30)/t21?,25-,26+,27?. The van der Waals surface area contributed by atoms with Crippen molar-refractivity contribution in [3.05, 3.63) is 71.8 Å². The Kier molecular flexibility index (Phi) is 4.77. The Bertz CT molecular complexity index is 851. The Labute approximate surface area is 180 Å². The lowest BCUT2D eigenvalue weighted by Gasteiger charge is -2.66. The van der Waals surface area contributed by atoms with Crippen molar-refractivity contribution in [3.63, 3.8) is 0 Å². The number of benzene rings is 2. The van der Waals surface area contributed by atoms with Gasteiger partial charge in [-0.05, 0) is 80.5 Å². The van der Waals surface area contributed by atoms with Crippen molar-refractivity contribution in [2.45, 2.75) is 49.4 Å². The van der Waals surface area contributed by atoms with Gasteiger partial charge in [0.05, 0.1) is 5.41 Å². The predicted octanol–water partition coefficient (Wildman–Crippen LogP) is 4.52. The van der Waals surface area contributed by atoms with E-state index in [1.807, 2.05) is 0 Å². The van der Waals surface area contributed by atoms with E-state index < -0.39 is 0 Å². The Balaban J connectivity index is 1.55. The lowest BCUT2D eigenvalue weighted by Crippen LogP contribution is -2.64. The van der Waals surface area contributed by atoms with Crippen LogP contribution in [0.3, 0.4) is 0 Å². The molecule has 0 saturated heterocycles. The van der Waals surface area contributed by atoms with Crippen LogP contribution in [0, 0.1) is 11.3 Å². The summed E-state index contributed by atoms with van der Waals surface area (Å²) >= 11 is 0. The monoisotopic (exact) mass is 402 g/mol. The van der Waals surface area contributed by atoms with Crippen LogP contribution in [0.5, 0.6) is 0 Å². The van der Waals surface area contributed by atoms with Crippen molar-refractivity contribution >= 4 is 5.91 Å². The quantitative estimate of drug-likeness (QED) is 0.770. The molecular weight excluding hydrogens is 368 g/mol. The summed E-state index contributed by atoms with van der Waals surface area (Å²) < 4.78 is 0. The predicted molar refractivity (Wildman–Crippen MR) is 121 cm³/mol. The zero-order valence-electron chi connectivity index (χ0n) is 18.4. The smallest absolute Gasteiger partial charge is 0.226 e. The van der Waals surface area contributed by atoms with Gasteiger partial charge in [-0.3, -0.25) is 4.79 Å². The number of carbonyl (C=O) groups is 1. The van der Waals surface area contributed by atoms with Crippen LogP contribution in [0.2, 0.25) is 0 Å². The molecule has 4 fully saturated rings. The van der Waals surface area contributed by atoms with E-state index in [1.165, 1.54) is 30.4 Å². The van der Waals surface area contributed by atoms with Gasteiger partial charge in [0.15, 0.2) is 0 Å². The summed E-state index contributed by atoms with van der Waals surface area (Å²) in [5.74, 6) is 0.926. The minimum Gasteiger partial charge on any atom is -0.354 e. The molecule has 3 heteroatoms. The van der Waals surface area contributed by atoms with Crippen LogP contribution in [-0.2, 0) is 15.6 Å². The fraction of sp³-hybridized carbons (Fsp3) is 0.519. The molecule has 0 spiro atoms. The van der Waals surface area contributed by atoms with Crippen LogP contribution in [0.4, 0.5) is 0 Å². The van der Waals surface area contributed by atoms with Crippen molar-refractivity contribution in [1.82, 2.24) is 10.2 Å². The molecule has 4 bridgehead atoms. The zero-order valence-corrected chi connectivity index (χ0v) is 18.4. The number of hydrogen-bond donors (Lipinski definition) is 1.